The number of anilines is 1. The van der Waals surface area contributed by atoms with Crippen molar-refractivity contribution in [3.05, 3.63) is 71.2 Å². The van der Waals surface area contributed by atoms with Crippen LogP contribution in [0, 0.1) is 0 Å². The summed E-state index contributed by atoms with van der Waals surface area (Å²) in [6.07, 6.45) is 1.35. The molecular weight excluding hydrogens is 454 g/mol. The third-order valence-electron chi connectivity index (χ3n) is 3.42. The number of amides is 1. The van der Waals surface area contributed by atoms with Crippen LogP contribution in [0.15, 0.2) is 41.3 Å². The number of aromatic nitrogens is 2. The van der Waals surface area contributed by atoms with E-state index in [0.717, 1.165) is 16.0 Å². The maximum Gasteiger partial charge on any atom is 0.292 e. The molecule has 27 heavy (non-hydrogen) atoms. The third-order valence-corrected chi connectivity index (χ3v) is 5.44. The molecule has 0 aliphatic rings. The number of nitrogens with zero attached hydrogens (tertiary/aromatic N) is 3. The molecule has 0 saturated heterocycles. The van der Waals surface area contributed by atoms with E-state index >= 15 is 0 Å². The largest absolute Gasteiger partial charge is 0.292 e. The van der Waals surface area contributed by atoms with Crippen molar-refractivity contribution in [2.45, 2.75) is 0 Å². The minimum absolute atomic E-state index is 0.131. The summed E-state index contributed by atoms with van der Waals surface area (Å²) in [7, 11) is 1.54. The minimum Gasteiger partial charge on any atom is -0.285 e. The van der Waals surface area contributed by atoms with Crippen LogP contribution < -0.4 is 16.0 Å². The fourth-order valence-corrected chi connectivity index (χ4v) is 3.91. The zero-order valence-electron chi connectivity index (χ0n) is 13.5. The molecule has 0 aliphatic heterocycles. The molecule has 11 heteroatoms. The first-order valence-electron chi connectivity index (χ1n) is 7.30. The van der Waals surface area contributed by atoms with Gasteiger partial charge in [-0.25, -0.2) is 0 Å². The van der Waals surface area contributed by atoms with Crippen molar-refractivity contribution >= 4 is 69.3 Å². The Labute approximate surface area is 177 Å². The van der Waals surface area contributed by atoms with E-state index in [1.807, 2.05) is 0 Å². The SMILES string of the molecule is CN(NC(=O)c1ccc(Cl)s1)c1cnn(-c2cc(Cl)cc(Cl)c2)c(=O)c1Cl. The summed E-state index contributed by atoms with van der Waals surface area (Å²) in [6, 6.07) is 7.81. The number of thiophene rings is 1. The van der Waals surface area contributed by atoms with E-state index in [4.69, 9.17) is 46.4 Å². The molecule has 140 valence electrons. The van der Waals surface area contributed by atoms with Gasteiger partial charge in [0.2, 0.25) is 0 Å². The molecule has 1 aromatic carbocycles. The second kappa shape index (κ2) is 8.08. The first kappa shape index (κ1) is 20.0. The maximum absolute atomic E-state index is 12.6. The molecule has 1 N–H and O–H groups in total. The van der Waals surface area contributed by atoms with Gasteiger partial charge in [0.25, 0.3) is 11.5 Å². The van der Waals surface area contributed by atoms with Crippen LogP contribution in [-0.2, 0) is 0 Å². The lowest BCUT2D eigenvalue weighted by Gasteiger charge is -2.20. The number of carbonyl (C=O) groups is 1. The smallest absolute Gasteiger partial charge is 0.285 e. The Kier molecular flexibility index (Phi) is 5.98. The maximum atomic E-state index is 12.6. The number of nitrogens with one attached hydrogen (secondary N) is 1. The van der Waals surface area contributed by atoms with Crippen LogP contribution in [0.1, 0.15) is 9.67 Å². The van der Waals surface area contributed by atoms with Crippen molar-refractivity contribution in [1.82, 2.24) is 15.2 Å². The second-order valence-corrected chi connectivity index (χ2v) is 8.26. The van der Waals surface area contributed by atoms with Gasteiger partial charge in [0.05, 0.1) is 21.1 Å². The highest BCUT2D eigenvalue weighted by Gasteiger charge is 2.17. The highest BCUT2D eigenvalue weighted by Crippen LogP contribution is 2.24. The first-order valence-corrected chi connectivity index (χ1v) is 9.63. The Morgan fingerprint density at radius 3 is 2.41 bits per heavy atom. The monoisotopic (exact) mass is 462 g/mol. The molecule has 0 saturated carbocycles. The molecule has 0 radical (unpaired) electrons. The van der Waals surface area contributed by atoms with E-state index in [9.17, 15) is 9.59 Å². The minimum atomic E-state index is -0.590. The molecule has 0 unspecified atom stereocenters. The van der Waals surface area contributed by atoms with Crippen molar-refractivity contribution in [2.75, 3.05) is 12.1 Å². The van der Waals surface area contributed by atoms with Crippen molar-refractivity contribution < 1.29 is 4.79 Å². The van der Waals surface area contributed by atoms with Crippen LogP contribution in [0.5, 0.6) is 0 Å². The summed E-state index contributed by atoms with van der Waals surface area (Å²) < 4.78 is 1.56. The molecule has 2 aromatic heterocycles. The number of hydrazine groups is 1. The average Bonchev–Trinajstić information content (AvgIpc) is 3.02. The van der Waals surface area contributed by atoms with Gasteiger partial charge in [-0.2, -0.15) is 9.78 Å². The molecule has 0 bridgehead atoms. The lowest BCUT2D eigenvalue weighted by Crippen LogP contribution is -2.40. The van der Waals surface area contributed by atoms with Gasteiger partial charge in [-0.1, -0.05) is 46.4 Å². The molecular formula is C16H10Cl4N4O2S. The Bertz CT molecular complexity index is 1060. The standard InChI is InChI=1S/C16H10Cl4N4O2S/c1-23(22-15(25)12-2-3-13(19)27-12)11-7-21-24(16(26)14(11)20)10-5-8(17)4-9(18)6-10/h2-7H,1H3,(H,22,25). The third kappa shape index (κ3) is 4.39. The van der Waals surface area contributed by atoms with E-state index < -0.39 is 11.5 Å². The second-order valence-electron chi connectivity index (χ2n) is 5.29. The summed E-state index contributed by atoms with van der Waals surface area (Å²) in [4.78, 5) is 25.2. The van der Waals surface area contributed by atoms with Gasteiger partial charge in [0.15, 0.2) is 0 Å². The lowest BCUT2D eigenvalue weighted by molar-refractivity contribution is 0.0955. The summed E-state index contributed by atoms with van der Waals surface area (Å²) in [5, 5.41) is 5.97. The molecule has 6 nitrogen and oxygen atoms in total. The van der Waals surface area contributed by atoms with Gasteiger partial charge in [0.1, 0.15) is 10.7 Å². The van der Waals surface area contributed by atoms with Crippen LogP contribution in [0.2, 0.25) is 19.4 Å². The molecule has 0 atom stereocenters. The fraction of sp³-hybridized carbons (Fsp3) is 0.0625. The number of halogens is 4. The first-order chi connectivity index (χ1) is 12.8. The van der Waals surface area contributed by atoms with E-state index in [2.05, 4.69) is 10.5 Å². The van der Waals surface area contributed by atoms with Gasteiger partial charge in [-0.15, -0.1) is 11.3 Å². The topological polar surface area (TPSA) is 67.2 Å². The normalized spacial score (nSPS) is 10.7. The zero-order valence-corrected chi connectivity index (χ0v) is 17.4. The Balaban J connectivity index is 1.90. The predicted octanol–water partition coefficient (Wildman–Crippen LogP) is 4.69. The Morgan fingerprint density at radius 1 is 1.15 bits per heavy atom. The van der Waals surface area contributed by atoms with Crippen LogP contribution in [0.4, 0.5) is 5.69 Å². The highest BCUT2D eigenvalue weighted by atomic mass is 35.5. The van der Waals surface area contributed by atoms with Gasteiger partial charge in [-0.05, 0) is 30.3 Å². The number of carbonyl (C=O) groups excluding carboxylic acids is 1. The lowest BCUT2D eigenvalue weighted by atomic mass is 10.3. The van der Waals surface area contributed by atoms with Crippen LogP contribution in [0.3, 0.4) is 0 Å². The van der Waals surface area contributed by atoms with Crippen molar-refractivity contribution in [2.24, 2.45) is 0 Å². The average molecular weight is 464 g/mol. The summed E-state index contributed by atoms with van der Waals surface area (Å²) in [6.45, 7) is 0. The highest BCUT2D eigenvalue weighted by molar-refractivity contribution is 7.18. The van der Waals surface area contributed by atoms with E-state index in [0.29, 0.717) is 24.9 Å². The fourth-order valence-electron chi connectivity index (χ4n) is 2.21. The van der Waals surface area contributed by atoms with Crippen LogP contribution in [-0.4, -0.2) is 22.7 Å². The quantitative estimate of drug-likeness (QED) is 0.570. The van der Waals surface area contributed by atoms with Crippen molar-refractivity contribution in [1.29, 1.82) is 0 Å². The van der Waals surface area contributed by atoms with Gasteiger partial charge in [-0.3, -0.25) is 20.0 Å². The molecule has 0 fully saturated rings. The van der Waals surface area contributed by atoms with E-state index in [1.165, 1.54) is 36.5 Å². The van der Waals surface area contributed by atoms with Gasteiger partial charge < -0.3 is 0 Å². The molecule has 3 rings (SSSR count). The van der Waals surface area contributed by atoms with E-state index in [-0.39, 0.29) is 10.7 Å². The number of hydrogen-bond acceptors (Lipinski definition) is 5. The number of benzene rings is 1. The van der Waals surface area contributed by atoms with Crippen LogP contribution >= 0.6 is 57.7 Å². The molecule has 0 aliphatic carbocycles. The summed E-state index contributed by atoms with van der Waals surface area (Å²) in [5.41, 5.74) is 2.60. The molecule has 2 heterocycles. The molecule has 0 spiro atoms. The summed E-state index contributed by atoms with van der Waals surface area (Å²) in [5.74, 6) is -0.392. The predicted molar refractivity (Wildman–Crippen MR) is 110 cm³/mol. The van der Waals surface area contributed by atoms with E-state index in [1.54, 1.807) is 12.1 Å². The molecule has 3 aromatic rings. The molecule has 1 amide bonds. The Hall–Kier alpha value is -1.77. The van der Waals surface area contributed by atoms with Crippen LogP contribution in [0.25, 0.3) is 5.69 Å². The van der Waals surface area contributed by atoms with Crippen molar-refractivity contribution in [3.8, 4) is 5.69 Å². The van der Waals surface area contributed by atoms with Crippen molar-refractivity contribution in [3.63, 3.8) is 0 Å². The van der Waals surface area contributed by atoms with Gasteiger partial charge >= 0.3 is 0 Å². The number of rotatable bonds is 4. The zero-order chi connectivity index (χ0) is 19.7. The van der Waals surface area contributed by atoms with Gasteiger partial charge in [0, 0.05) is 17.1 Å². The Morgan fingerprint density at radius 2 is 1.81 bits per heavy atom. The number of hydrogen-bond donors (Lipinski definition) is 1. The summed E-state index contributed by atoms with van der Waals surface area (Å²) >= 11 is 25.1.